The number of benzene rings is 2. The Labute approximate surface area is 239 Å². The minimum Gasteiger partial charge on any atom is -0.491 e. The van der Waals surface area contributed by atoms with Crippen LogP contribution in [0.1, 0.15) is 59.0 Å². The van der Waals surface area contributed by atoms with Gasteiger partial charge in [0, 0.05) is 40.8 Å². The topological polar surface area (TPSA) is 94.8 Å². The molecule has 2 aromatic carbocycles. The van der Waals surface area contributed by atoms with Crippen molar-refractivity contribution in [3.63, 3.8) is 0 Å². The Morgan fingerprint density at radius 3 is 2.54 bits per heavy atom. The van der Waals surface area contributed by atoms with E-state index in [1.807, 2.05) is 73.1 Å². The van der Waals surface area contributed by atoms with Crippen LogP contribution in [0.2, 0.25) is 0 Å². The van der Waals surface area contributed by atoms with Gasteiger partial charge in [-0.3, -0.25) is 14.8 Å². The molecule has 1 unspecified atom stereocenters. The number of amides is 1. The molecule has 206 valence electrons. The zero-order chi connectivity index (χ0) is 28.3. The van der Waals surface area contributed by atoms with E-state index in [4.69, 9.17) is 4.74 Å². The Kier molecular flexibility index (Phi) is 7.29. The van der Waals surface area contributed by atoms with Crippen LogP contribution in [0, 0.1) is 13.8 Å². The third kappa shape index (κ3) is 5.87. The molecule has 8 nitrogen and oxygen atoms in total. The van der Waals surface area contributed by atoms with Crippen molar-refractivity contribution in [3.8, 4) is 28.3 Å². The predicted molar refractivity (Wildman–Crippen MR) is 159 cm³/mol. The maximum atomic E-state index is 13.2. The second-order valence-electron chi connectivity index (χ2n) is 10.7. The molecule has 0 saturated heterocycles. The van der Waals surface area contributed by atoms with Crippen molar-refractivity contribution in [1.29, 1.82) is 0 Å². The van der Waals surface area contributed by atoms with E-state index < -0.39 is 0 Å². The lowest BCUT2D eigenvalue weighted by Gasteiger charge is -2.18. The molecule has 0 spiro atoms. The lowest BCUT2D eigenvalue weighted by atomic mass is 10.1. The van der Waals surface area contributed by atoms with E-state index in [1.165, 1.54) is 12.8 Å². The highest BCUT2D eigenvalue weighted by molar-refractivity contribution is 6.03. The number of nitrogens with one attached hydrogen (secondary N) is 1. The first kappa shape index (κ1) is 26.4. The maximum Gasteiger partial charge on any atom is 0.274 e. The number of ether oxygens (including phenoxy) is 1. The number of aryl methyl sites for hydroxylation is 2. The number of rotatable bonds is 9. The molecule has 1 saturated carbocycles. The number of aromatic nitrogens is 5. The molecule has 6 rings (SSSR count). The Hall–Kier alpha value is -4.85. The van der Waals surface area contributed by atoms with Gasteiger partial charge in [0.05, 0.1) is 6.04 Å². The molecule has 3 heterocycles. The summed E-state index contributed by atoms with van der Waals surface area (Å²) in [7, 11) is 0. The molecule has 1 N–H and O–H groups in total. The number of carbonyl (C=O) groups is 1. The zero-order valence-corrected chi connectivity index (χ0v) is 23.4. The van der Waals surface area contributed by atoms with Crippen LogP contribution < -0.4 is 10.1 Å². The molecule has 1 aliphatic rings. The van der Waals surface area contributed by atoms with E-state index in [0.717, 1.165) is 39.3 Å². The summed E-state index contributed by atoms with van der Waals surface area (Å²) in [6.45, 7) is 6.63. The van der Waals surface area contributed by atoms with Crippen LogP contribution in [0.4, 0.5) is 5.69 Å². The van der Waals surface area contributed by atoms with E-state index in [1.54, 1.807) is 18.6 Å². The van der Waals surface area contributed by atoms with E-state index in [9.17, 15) is 4.79 Å². The Morgan fingerprint density at radius 1 is 0.976 bits per heavy atom. The summed E-state index contributed by atoms with van der Waals surface area (Å²) in [5, 5.41) is 11.5. The molecule has 0 aliphatic heterocycles. The van der Waals surface area contributed by atoms with Gasteiger partial charge in [0.15, 0.2) is 5.82 Å². The zero-order valence-electron chi connectivity index (χ0n) is 23.4. The van der Waals surface area contributed by atoms with Gasteiger partial charge in [0.25, 0.3) is 5.91 Å². The fourth-order valence-electron chi connectivity index (χ4n) is 4.95. The van der Waals surface area contributed by atoms with E-state index in [0.29, 0.717) is 29.7 Å². The van der Waals surface area contributed by atoms with Crippen molar-refractivity contribution in [1.82, 2.24) is 24.7 Å². The molecule has 1 aliphatic carbocycles. The molecule has 1 amide bonds. The number of anilines is 1. The summed E-state index contributed by atoms with van der Waals surface area (Å²) in [6.07, 6.45) is 7.67. The van der Waals surface area contributed by atoms with Crippen molar-refractivity contribution < 1.29 is 9.53 Å². The number of hydrogen-bond donors (Lipinski definition) is 1. The van der Waals surface area contributed by atoms with Crippen LogP contribution in [-0.4, -0.2) is 37.2 Å². The second kappa shape index (κ2) is 11.3. The minimum atomic E-state index is -0.289. The monoisotopic (exact) mass is 544 g/mol. The first-order valence-corrected chi connectivity index (χ1v) is 13.9. The van der Waals surface area contributed by atoms with Gasteiger partial charge in [-0.25, -0.2) is 0 Å². The minimum absolute atomic E-state index is 0.0166. The molecule has 0 bridgehead atoms. The lowest BCUT2D eigenvalue weighted by Crippen LogP contribution is -2.16. The van der Waals surface area contributed by atoms with Crippen LogP contribution in [0.15, 0.2) is 85.5 Å². The summed E-state index contributed by atoms with van der Waals surface area (Å²) in [5.41, 5.74) is 7.02. The molecule has 3 aromatic heterocycles. The predicted octanol–water partition coefficient (Wildman–Crippen LogP) is 6.79. The first-order chi connectivity index (χ1) is 20.0. The Balaban J connectivity index is 1.15. The SMILES string of the molecule is Cc1cccc(C)c1OCC(C)n1cnnc1-c1cccc(NC(=O)c2cc(-c3ccc(C4CC4)nc3)ccn2)c1. The fraction of sp³-hybridized carbons (Fsp3) is 0.242. The third-order valence-electron chi connectivity index (χ3n) is 7.41. The van der Waals surface area contributed by atoms with Crippen molar-refractivity contribution in [2.75, 3.05) is 11.9 Å². The van der Waals surface area contributed by atoms with Crippen molar-refractivity contribution in [2.24, 2.45) is 0 Å². The van der Waals surface area contributed by atoms with Crippen LogP contribution in [0.25, 0.3) is 22.5 Å². The molecular formula is C33H32N6O2. The second-order valence-corrected chi connectivity index (χ2v) is 10.7. The van der Waals surface area contributed by atoms with Gasteiger partial charge in [-0.15, -0.1) is 10.2 Å². The van der Waals surface area contributed by atoms with Gasteiger partial charge < -0.3 is 14.6 Å². The van der Waals surface area contributed by atoms with Gasteiger partial charge in [-0.1, -0.05) is 36.4 Å². The summed E-state index contributed by atoms with van der Waals surface area (Å²) in [5.74, 6) is 1.92. The largest absolute Gasteiger partial charge is 0.491 e. The Morgan fingerprint density at radius 2 is 1.78 bits per heavy atom. The van der Waals surface area contributed by atoms with E-state index in [2.05, 4.69) is 44.5 Å². The normalized spacial score (nSPS) is 13.5. The number of nitrogens with zero attached hydrogens (tertiary/aromatic N) is 5. The van der Waals surface area contributed by atoms with Gasteiger partial charge >= 0.3 is 0 Å². The van der Waals surface area contributed by atoms with Crippen molar-refractivity contribution in [3.05, 3.63) is 108 Å². The van der Waals surface area contributed by atoms with Gasteiger partial charge in [-0.05, 0) is 80.6 Å². The molecule has 5 aromatic rings. The molecule has 41 heavy (non-hydrogen) atoms. The highest BCUT2D eigenvalue weighted by Crippen LogP contribution is 2.39. The van der Waals surface area contributed by atoms with Crippen LogP contribution in [0.5, 0.6) is 5.75 Å². The molecule has 1 fully saturated rings. The molecule has 1 atom stereocenters. The highest BCUT2D eigenvalue weighted by atomic mass is 16.5. The van der Waals surface area contributed by atoms with Crippen LogP contribution in [0.3, 0.4) is 0 Å². The number of pyridine rings is 2. The first-order valence-electron chi connectivity index (χ1n) is 13.9. The van der Waals surface area contributed by atoms with Crippen LogP contribution >= 0.6 is 0 Å². The molecule has 0 radical (unpaired) electrons. The van der Waals surface area contributed by atoms with Crippen molar-refractivity contribution in [2.45, 2.75) is 45.6 Å². The average Bonchev–Trinajstić information content (AvgIpc) is 3.72. The number of carbonyl (C=O) groups excluding carboxylic acids is 1. The summed E-state index contributed by atoms with van der Waals surface area (Å²) >= 11 is 0. The van der Waals surface area contributed by atoms with Crippen LogP contribution in [-0.2, 0) is 0 Å². The molecular weight excluding hydrogens is 512 g/mol. The van der Waals surface area contributed by atoms with E-state index >= 15 is 0 Å². The number of para-hydroxylation sites is 1. The molecule has 8 heteroatoms. The number of hydrogen-bond acceptors (Lipinski definition) is 6. The van der Waals surface area contributed by atoms with Crippen molar-refractivity contribution >= 4 is 11.6 Å². The van der Waals surface area contributed by atoms with Gasteiger partial charge in [0.1, 0.15) is 24.4 Å². The van der Waals surface area contributed by atoms with Gasteiger partial charge in [-0.2, -0.15) is 0 Å². The standard InChI is InChI=1S/C33H32N6O2/c1-21-6-4-7-22(2)31(21)41-19-23(3)39-20-36-38-32(39)26-8-5-9-28(16-26)37-33(40)30-17-25(14-15-34-30)27-12-13-29(35-18-27)24-10-11-24/h4-9,12-18,20,23-24H,10-11,19H2,1-3H3,(H,37,40). The Bertz CT molecular complexity index is 1670. The van der Waals surface area contributed by atoms with E-state index in [-0.39, 0.29) is 11.9 Å². The fourth-order valence-corrected chi connectivity index (χ4v) is 4.95. The quantitative estimate of drug-likeness (QED) is 0.220. The maximum absolute atomic E-state index is 13.2. The van der Waals surface area contributed by atoms with Gasteiger partial charge in [0.2, 0.25) is 0 Å². The third-order valence-corrected chi connectivity index (χ3v) is 7.41. The highest BCUT2D eigenvalue weighted by Gasteiger charge is 2.24. The summed E-state index contributed by atoms with van der Waals surface area (Å²) < 4.78 is 8.17. The average molecular weight is 545 g/mol. The lowest BCUT2D eigenvalue weighted by molar-refractivity contribution is 0.102. The summed E-state index contributed by atoms with van der Waals surface area (Å²) in [6, 6.07) is 21.5. The smallest absolute Gasteiger partial charge is 0.274 e. The summed E-state index contributed by atoms with van der Waals surface area (Å²) in [4.78, 5) is 22.1.